The molecule has 8 N–H and O–H groups in total. The average molecular weight is 936 g/mol. The molecule has 0 aliphatic carbocycles. The molecule has 0 saturated carbocycles. The summed E-state index contributed by atoms with van der Waals surface area (Å²) < 4.78 is 0. The summed E-state index contributed by atoms with van der Waals surface area (Å²) in [6, 6.07) is 0. The Morgan fingerprint density at radius 3 is 0.655 bits per heavy atom. The molecule has 0 radical (unpaired) electrons. The van der Waals surface area contributed by atoms with Gasteiger partial charge in [-0.3, -0.25) is 19.2 Å². The molecule has 0 aromatic carbocycles. The van der Waals surface area contributed by atoms with Crippen LogP contribution in [0.25, 0.3) is 0 Å². The van der Waals surface area contributed by atoms with Crippen molar-refractivity contribution in [2.45, 2.75) is 36.9 Å². The molecule has 0 atom stereocenters. The molecule has 0 rings (SSSR count). The van der Waals surface area contributed by atoms with E-state index in [2.05, 4.69) is 0 Å². The van der Waals surface area contributed by atoms with E-state index in [1.165, 1.54) is 0 Å². The molecule has 0 aromatic heterocycles. The molecule has 0 fully saturated rings. The van der Waals surface area contributed by atoms with Gasteiger partial charge in [0.1, 0.15) is 0 Å². The topological polar surface area (TPSA) is 264 Å². The van der Waals surface area contributed by atoms with E-state index in [0.717, 1.165) is 0 Å². The van der Waals surface area contributed by atoms with E-state index in [0.29, 0.717) is 0 Å². The molecule has 0 aliphatic heterocycles. The Labute approximate surface area is 204 Å². The first-order valence-corrected chi connectivity index (χ1v) is 6.34. The molecular weight excluding hydrogens is 920 g/mol. The summed E-state index contributed by atoms with van der Waals surface area (Å²) >= 11 is 0. The maximum Gasteiger partial charge on any atom is 0.336 e. The summed E-state index contributed by atoms with van der Waals surface area (Å²) in [5, 5.41) is 67.6. The smallest absolute Gasteiger partial charge is 0.336 e. The summed E-state index contributed by atoms with van der Waals surface area (Å²) in [4.78, 5) is 61.0. The van der Waals surface area contributed by atoms with E-state index in [-0.39, 0.29) is 63.2 Å². The minimum atomic E-state index is -2.74. The van der Waals surface area contributed by atoms with Crippen molar-refractivity contribution in [3.8, 4) is 0 Å². The van der Waals surface area contributed by atoms with E-state index in [1.807, 2.05) is 0 Å². The number of aliphatic carboxylic acids is 6. The number of hydrogen-bond acceptors (Lipinski definition) is 8. The number of carboxylic acid groups (broad SMARTS) is 6. The van der Waals surface area contributed by atoms with E-state index in [1.54, 1.807) is 0 Å². The van der Waals surface area contributed by atoms with Gasteiger partial charge >= 0.3 is 35.8 Å². The zero-order valence-corrected chi connectivity index (χ0v) is 22.9. The van der Waals surface area contributed by atoms with Crippen LogP contribution in [0.5, 0.6) is 0 Å². The molecule has 0 unspecified atom stereocenters. The van der Waals surface area contributed by atoms with Gasteiger partial charge in [-0.15, -0.1) is 0 Å². The number of aliphatic hydroxyl groups is 2. The summed E-state index contributed by atoms with van der Waals surface area (Å²) in [5.41, 5.74) is -5.48. The van der Waals surface area contributed by atoms with Gasteiger partial charge < -0.3 is 40.9 Å². The van der Waals surface area contributed by atoms with E-state index in [9.17, 15) is 28.8 Å². The second kappa shape index (κ2) is 16.6. The molecule has 14 nitrogen and oxygen atoms in total. The first-order chi connectivity index (χ1) is 11.6. The van der Waals surface area contributed by atoms with Crippen LogP contribution < -0.4 is 0 Å². The molecule has 0 saturated heterocycles. The normalized spacial score (nSPS) is 9.72. The Morgan fingerprint density at radius 2 is 0.586 bits per heavy atom. The van der Waals surface area contributed by atoms with Crippen molar-refractivity contribution in [2.24, 2.45) is 0 Å². The van der Waals surface area contributed by atoms with Crippen LogP contribution >= 0.6 is 0 Å². The molecule has 166 valence electrons. The molecular formula is C12H16O14W3. The van der Waals surface area contributed by atoms with Gasteiger partial charge in [-0.1, -0.05) is 0 Å². The van der Waals surface area contributed by atoms with Crippen LogP contribution in [-0.2, 0) is 92.0 Å². The molecule has 0 heterocycles. The molecule has 0 amide bonds. The van der Waals surface area contributed by atoms with Crippen molar-refractivity contribution < 1.29 is 133 Å². The molecule has 29 heavy (non-hydrogen) atoms. The summed E-state index contributed by atoms with van der Waals surface area (Å²) in [6.07, 6.45) is -4.58. The third-order valence-electron chi connectivity index (χ3n) is 2.57. The minimum absolute atomic E-state index is 0. The van der Waals surface area contributed by atoms with E-state index in [4.69, 9.17) is 40.9 Å². The van der Waals surface area contributed by atoms with Gasteiger partial charge in [0.25, 0.3) is 0 Å². The predicted molar refractivity (Wildman–Crippen MR) is 74.2 cm³/mol. The Bertz CT molecular complexity index is 521. The predicted octanol–water partition coefficient (Wildman–Crippen LogP) is -2.50. The third kappa shape index (κ3) is 17.4. The van der Waals surface area contributed by atoms with Crippen LogP contribution in [0.2, 0.25) is 0 Å². The largest absolute Gasteiger partial charge is 0.481 e. The fraction of sp³-hybridized carbons (Fsp3) is 0.500. The Hall–Kier alpha value is -1.20. The number of carbonyl (C=O) groups is 6. The third-order valence-corrected chi connectivity index (χ3v) is 2.57. The zero-order chi connectivity index (χ0) is 21.3. The maximum absolute atomic E-state index is 10.3. The summed E-state index contributed by atoms with van der Waals surface area (Å²) in [7, 11) is 0. The van der Waals surface area contributed by atoms with Crippen molar-refractivity contribution in [1.29, 1.82) is 0 Å². The van der Waals surface area contributed by atoms with Crippen molar-refractivity contribution in [3.05, 3.63) is 0 Å². The van der Waals surface area contributed by atoms with Crippen LogP contribution in [0.3, 0.4) is 0 Å². The zero-order valence-electron chi connectivity index (χ0n) is 14.1. The number of carboxylic acids is 6. The second-order valence-corrected chi connectivity index (χ2v) is 4.96. The fourth-order valence-electron chi connectivity index (χ4n) is 1.43. The van der Waals surface area contributed by atoms with Crippen molar-refractivity contribution in [3.63, 3.8) is 0 Å². The average Bonchev–Trinajstić information content (AvgIpc) is 2.34. The van der Waals surface area contributed by atoms with Gasteiger partial charge in [-0.25, -0.2) is 9.59 Å². The SMILES string of the molecule is O=C(O)CC(O)(CC(=O)O)C(=O)O.O=C(O)CC(O)(CC(=O)O)C(=O)O.[W].[W].[W]. The first kappa shape index (κ1) is 38.4. The standard InChI is InChI=1S/2C6H8O7.3W/c2*7-3(8)1-6(13,5(11)12)2-4(9)10;;;/h2*13H,1-2H2,(H,7,8)(H,9,10)(H,11,12);;;. The van der Waals surface area contributed by atoms with Gasteiger partial charge in [0.2, 0.25) is 0 Å². The summed E-state index contributed by atoms with van der Waals surface area (Å²) in [6.45, 7) is 0. The van der Waals surface area contributed by atoms with Crippen LogP contribution in [0.4, 0.5) is 0 Å². The van der Waals surface area contributed by atoms with Gasteiger partial charge in [0, 0.05) is 63.2 Å². The van der Waals surface area contributed by atoms with E-state index < -0.39 is 72.7 Å². The second-order valence-electron chi connectivity index (χ2n) is 4.96. The van der Waals surface area contributed by atoms with Gasteiger partial charge in [-0.2, -0.15) is 0 Å². The van der Waals surface area contributed by atoms with Crippen LogP contribution in [-0.4, -0.2) is 87.9 Å². The fourth-order valence-corrected chi connectivity index (χ4v) is 1.43. The van der Waals surface area contributed by atoms with Crippen LogP contribution in [0, 0.1) is 0 Å². The first-order valence-electron chi connectivity index (χ1n) is 6.34. The molecule has 0 aromatic rings. The van der Waals surface area contributed by atoms with Gasteiger partial charge in [0.05, 0.1) is 25.7 Å². The Morgan fingerprint density at radius 1 is 0.448 bits per heavy atom. The molecule has 0 aliphatic rings. The number of rotatable bonds is 10. The molecule has 17 heteroatoms. The number of hydrogen-bond donors (Lipinski definition) is 8. The van der Waals surface area contributed by atoms with Crippen molar-refractivity contribution in [1.82, 2.24) is 0 Å². The Balaban J connectivity index is -0.000000120. The molecule has 0 spiro atoms. The van der Waals surface area contributed by atoms with Gasteiger partial charge in [-0.05, 0) is 0 Å². The van der Waals surface area contributed by atoms with Crippen LogP contribution in [0.1, 0.15) is 25.7 Å². The van der Waals surface area contributed by atoms with Crippen LogP contribution in [0.15, 0.2) is 0 Å². The van der Waals surface area contributed by atoms with E-state index >= 15 is 0 Å². The Kier molecular flexibility index (Phi) is 22.0. The summed E-state index contributed by atoms with van der Waals surface area (Å²) in [5.74, 6) is -10.0. The molecule has 0 bridgehead atoms. The monoisotopic (exact) mass is 936 g/mol. The van der Waals surface area contributed by atoms with Gasteiger partial charge in [0.15, 0.2) is 11.2 Å². The maximum atomic E-state index is 10.3. The van der Waals surface area contributed by atoms with Crippen molar-refractivity contribution in [2.75, 3.05) is 0 Å². The quantitative estimate of drug-likeness (QED) is 0.113. The van der Waals surface area contributed by atoms with Crippen molar-refractivity contribution >= 4 is 35.8 Å². The minimum Gasteiger partial charge on any atom is -0.481 e.